The van der Waals surface area contributed by atoms with Crippen molar-refractivity contribution in [2.45, 2.75) is 29.7 Å². The molecule has 0 radical (unpaired) electrons. The van der Waals surface area contributed by atoms with E-state index in [1.165, 1.54) is 18.4 Å². The number of anilines is 1. The topological polar surface area (TPSA) is 107 Å². The average Bonchev–Trinajstić information content (AvgIpc) is 3.27. The van der Waals surface area contributed by atoms with Gasteiger partial charge >= 0.3 is 0 Å². The second-order valence-electron chi connectivity index (χ2n) is 11.4. The lowest BCUT2D eigenvalue weighted by Gasteiger charge is -2.29. The standard InChI is InChI=1S/C36H31N5O3S/c1-40(2)45(43,44)32-10-5-29(6-11-32)25-41-34-21-31(30-7-3-28(24-37)4-8-30)9-12-33(34)36(35(41)42,22-26-13-17-38-18-14-26)23-27-15-19-39-20-16-27/h3-21H,22-23,25H2,1-2H3. The van der Waals surface area contributed by atoms with Gasteiger partial charge in [-0.2, -0.15) is 5.26 Å². The molecule has 224 valence electrons. The predicted molar refractivity (Wildman–Crippen MR) is 173 cm³/mol. The van der Waals surface area contributed by atoms with E-state index in [0.717, 1.165) is 39.1 Å². The Balaban J connectivity index is 1.48. The minimum atomic E-state index is -3.59. The first kappa shape index (κ1) is 29.9. The number of carbonyl (C=O) groups excluding carboxylic acids is 1. The summed E-state index contributed by atoms with van der Waals surface area (Å²) in [6.45, 7) is 0.263. The third kappa shape index (κ3) is 5.74. The van der Waals surface area contributed by atoms with Crippen molar-refractivity contribution in [2.24, 2.45) is 0 Å². The van der Waals surface area contributed by atoms with Gasteiger partial charge in [0.1, 0.15) is 0 Å². The SMILES string of the molecule is CN(C)S(=O)(=O)c1ccc(CN2C(=O)C(Cc3ccncc3)(Cc3ccncc3)c3ccc(-c4ccc(C#N)cc4)cc32)cc1. The smallest absolute Gasteiger partial charge is 0.242 e. The van der Waals surface area contributed by atoms with Gasteiger partial charge in [0.05, 0.1) is 28.5 Å². The Morgan fingerprint density at radius 3 is 1.84 bits per heavy atom. The van der Waals surface area contributed by atoms with Gasteiger partial charge in [-0.3, -0.25) is 14.8 Å². The summed E-state index contributed by atoms with van der Waals surface area (Å²) in [7, 11) is -0.588. The molecule has 1 aliphatic rings. The van der Waals surface area contributed by atoms with Crippen LogP contribution in [0.3, 0.4) is 0 Å². The fourth-order valence-electron chi connectivity index (χ4n) is 5.98. The van der Waals surface area contributed by atoms with E-state index in [9.17, 15) is 18.5 Å². The lowest BCUT2D eigenvalue weighted by molar-refractivity contribution is -0.123. The number of nitriles is 1. The monoisotopic (exact) mass is 613 g/mol. The Kier molecular flexibility index (Phi) is 8.02. The highest BCUT2D eigenvalue weighted by Gasteiger charge is 2.50. The number of aromatic nitrogens is 2. The zero-order valence-electron chi connectivity index (χ0n) is 25.0. The minimum Gasteiger partial charge on any atom is -0.307 e. The lowest BCUT2D eigenvalue weighted by Crippen LogP contribution is -2.43. The molecular weight excluding hydrogens is 582 g/mol. The first-order chi connectivity index (χ1) is 21.7. The summed E-state index contributed by atoms with van der Waals surface area (Å²) >= 11 is 0. The van der Waals surface area contributed by atoms with Crippen molar-refractivity contribution in [2.75, 3.05) is 19.0 Å². The van der Waals surface area contributed by atoms with Crippen molar-refractivity contribution in [3.63, 3.8) is 0 Å². The van der Waals surface area contributed by atoms with Crippen molar-refractivity contribution in [3.8, 4) is 17.2 Å². The van der Waals surface area contributed by atoms with E-state index in [1.54, 1.807) is 61.2 Å². The van der Waals surface area contributed by atoms with E-state index in [2.05, 4.69) is 22.1 Å². The molecule has 8 nitrogen and oxygen atoms in total. The van der Waals surface area contributed by atoms with Crippen LogP contribution in [0, 0.1) is 11.3 Å². The summed E-state index contributed by atoms with van der Waals surface area (Å²) in [4.78, 5) is 25.3. The van der Waals surface area contributed by atoms with Crippen molar-refractivity contribution < 1.29 is 13.2 Å². The number of pyridine rings is 2. The van der Waals surface area contributed by atoms with Gasteiger partial charge in [-0.1, -0.05) is 36.4 Å². The molecule has 2 aromatic heterocycles. The molecule has 0 unspecified atom stereocenters. The van der Waals surface area contributed by atoms with Crippen molar-refractivity contribution >= 4 is 21.6 Å². The Morgan fingerprint density at radius 2 is 1.31 bits per heavy atom. The maximum Gasteiger partial charge on any atom is 0.242 e. The maximum absolute atomic E-state index is 14.9. The molecule has 0 aliphatic carbocycles. The molecular formula is C36H31N5O3S. The molecule has 9 heteroatoms. The molecule has 5 aromatic rings. The molecule has 1 aliphatic heterocycles. The van der Waals surface area contributed by atoms with Crippen LogP contribution in [0.25, 0.3) is 11.1 Å². The maximum atomic E-state index is 14.9. The highest BCUT2D eigenvalue weighted by molar-refractivity contribution is 7.89. The molecule has 1 amide bonds. The largest absolute Gasteiger partial charge is 0.307 e. The van der Waals surface area contributed by atoms with Gasteiger partial charge in [-0.15, -0.1) is 0 Å². The van der Waals surface area contributed by atoms with E-state index < -0.39 is 15.4 Å². The predicted octanol–water partition coefficient (Wildman–Crippen LogP) is 5.54. The third-order valence-electron chi connectivity index (χ3n) is 8.36. The van der Waals surface area contributed by atoms with Crippen molar-refractivity contribution in [1.29, 1.82) is 5.26 Å². The first-order valence-corrected chi connectivity index (χ1v) is 15.9. The fraction of sp³-hybridized carbons (Fsp3) is 0.167. The fourth-order valence-corrected chi connectivity index (χ4v) is 6.88. The van der Waals surface area contributed by atoms with Gasteiger partial charge in [0.25, 0.3) is 0 Å². The lowest BCUT2D eigenvalue weighted by atomic mass is 9.72. The Morgan fingerprint density at radius 1 is 0.756 bits per heavy atom. The zero-order chi connectivity index (χ0) is 31.6. The van der Waals surface area contributed by atoms with Crippen LogP contribution in [-0.4, -0.2) is 42.7 Å². The van der Waals surface area contributed by atoms with E-state index >= 15 is 0 Å². The second kappa shape index (κ2) is 12.1. The molecule has 0 spiro atoms. The van der Waals surface area contributed by atoms with Crippen LogP contribution in [-0.2, 0) is 39.6 Å². The highest BCUT2D eigenvalue weighted by Crippen LogP contribution is 2.48. The number of amides is 1. The molecule has 0 fully saturated rings. The molecule has 0 N–H and O–H groups in total. The Labute approximate surface area is 263 Å². The first-order valence-electron chi connectivity index (χ1n) is 14.5. The summed E-state index contributed by atoms with van der Waals surface area (Å²) in [5.41, 5.74) is 6.04. The summed E-state index contributed by atoms with van der Waals surface area (Å²) in [5, 5.41) is 9.28. The molecule has 0 atom stereocenters. The molecule has 6 rings (SSSR count). The average molecular weight is 614 g/mol. The summed E-state index contributed by atoms with van der Waals surface area (Å²) in [5.74, 6) is -0.0342. The van der Waals surface area contributed by atoms with Gasteiger partial charge in [-0.25, -0.2) is 12.7 Å². The number of benzene rings is 3. The summed E-state index contributed by atoms with van der Waals surface area (Å²) in [6, 6.07) is 30.1. The van der Waals surface area contributed by atoms with Crippen molar-refractivity contribution in [3.05, 3.63) is 144 Å². The van der Waals surface area contributed by atoms with Crippen LogP contribution in [0.4, 0.5) is 5.69 Å². The van der Waals surface area contributed by atoms with Gasteiger partial charge in [0, 0.05) is 44.6 Å². The van der Waals surface area contributed by atoms with Gasteiger partial charge in [0.15, 0.2) is 0 Å². The zero-order valence-corrected chi connectivity index (χ0v) is 25.8. The molecule has 0 saturated heterocycles. The van der Waals surface area contributed by atoms with Crippen LogP contribution in [0.1, 0.15) is 27.8 Å². The number of rotatable bonds is 9. The quantitative estimate of drug-likeness (QED) is 0.216. The van der Waals surface area contributed by atoms with E-state index in [1.807, 2.05) is 53.4 Å². The number of carbonyl (C=O) groups is 1. The van der Waals surface area contributed by atoms with Gasteiger partial charge < -0.3 is 4.90 Å². The van der Waals surface area contributed by atoms with E-state index in [0.29, 0.717) is 18.4 Å². The van der Waals surface area contributed by atoms with E-state index in [4.69, 9.17) is 0 Å². The van der Waals surface area contributed by atoms with Crippen molar-refractivity contribution in [1.82, 2.24) is 14.3 Å². The van der Waals surface area contributed by atoms with Gasteiger partial charge in [0.2, 0.25) is 15.9 Å². The number of nitrogens with zero attached hydrogens (tertiary/aromatic N) is 5. The molecule has 3 aromatic carbocycles. The molecule has 3 heterocycles. The molecule has 0 bridgehead atoms. The number of hydrogen-bond donors (Lipinski definition) is 0. The van der Waals surface area contributed by atoms with Crippen LogP contribution in [0.5, 0.6) is 0 Å². The Bertz CT molecular complexity index is 1950. The Hall–Kier alpha value is -5.17. The molecule has 0 saturated carbocycles. The highest BCUT2D eigenvalue weighted by atomic mass is 32.2. The second-order valence-corrected chi connectivity index (χ2v) is 13.5. The number of fused-ring (bicyclic) bond motifs is 1. The summed E-state index contributed by atoms with van der Waals surface area (Å²) < 4.78 is 26.5. The van der Waals surface area contributed by atoms with Gasteiger partial charge in [-0.05, 0) is 101 Å². The summed E-state index contributed by atoms with van der Waals surface area (Å²) in [6.07, 6.45) is 7.90. The normalized spacial score (nSPS) is 13.9. The van der Waals surface area contributed by atoms with Crippen LogP contribution in [0.15, 0.2) is 121 Å². The third-order valence-corrected chi connectivity index (χ3v) is 10.2. The minimum absolute atomic E-state index is 0.0342. The number of sulfonamides is 1. The molecule has 45 heavy (non-hydrogen) atoms. The van der Waals surface area contributed by atoms with E-state index in [-0.39, 0.29) is 17.3 Å². The number of hydrogen-bond acceptors (Lipinski definition) is 6. The van der Waals surface area contributed by atoms with Crippen LogP contribution >= 0.6 is 0 Å². The van der Waals surface area contributed by atoms with Crippen LogP contribution < -0.4 is 4.90 Å². The van der Waals surface area contributed by atoms with Crippen LogP contribution in [0.2, 0.25) is 0 Å².